The first-order valence-electron chi connectivity index (χ1n) is 5.73. The van der Waals surface area contributed by atoms with E-state index in [9.17, 15) is 9.59 Å². The summed E-state index contributed by atoms with van der Waals surface area (Å²) in [5, 5.41) is 2.46. The van der Waals surface area contributed by atoms with Crippen LogP contribution in [0.5, 0.6) is 0 Å². The molecule has 0 spiro atoms. The van der Waals surface area contributed by atoms with Gasteiger partial charge in [-0.3, -0.25) is 9.59 Å². The van der Waals surface area contributed by atoms with Crippen molar-refractivity contribution >= 4 is 17.4 Å². The van der Waals surface area contributed by atoms with Crippen LogP contribution in [0.1, 0.15) is 24.2 Å². The lowest BCUT2D eigenvalue weighted by Crippen LogP contribution is -2.15. The fourth-order valence-corrected chi connectivity index (χ4v) is 1.32. The number of hydrogen-bond donors (Lipinski definition) is 1. The molecule has 4 nitrogen and oxygen atoms in total. The number of benzene rings is 1. The largest absolute Gasteiger partial charge is 0.318 e. The van der Waals surface area contributed by atoms with Crippen LogP contribution in [-0.4, -0.2) is 36.7 Å². The zero-order valence-corrected chi connectivity index (χ0v) is 10.5. The molecule has 0 radical (unpaired) electrons. The number of fused-ring (bicyclic) bond motifs is 1. The maximum Gasteiger partial charge on any atom is 0.296 e. The Balaban J connectivity index is 0.000000209. The summed E-state index contributed by atoms with van der Waals surface area (Å²) in [7, 11) is 2.11. The van der Waals surface area contributed by atoms with E-state index in [1.807, 2.05) is 0 Å². The van der Waals surface area contributed by atoms with E-state index >= 15 is 0 Å². The summed E-state index contributed by atoms with van der Waals surface area (Å²) < 4.78 is 0. The molecule has 1 N–H and O–H groups in total. The predicted octanol–water partition coefficient (Wildman–Crippen LogP) is 1.78. The van der Waals surface area contributed by atoms with E-state index < -0.39 is 11.7 Å². The number of Topliss-reactive ketones (excluding diaryl/α,β-unsaturated/α-hetero) is 1. The predicted molar refractivity (Wildman–Crippen MR) is 68.2 cm³/mol. The maximum absolute atomic E-state index is 11.0. The van der Waals surface area contributed by atoms with Crippen LogP contribution in [0.15, 0.2) is 24.3 Å². The number of amides is 1. The Bertz CT molecular complexity index is 412. The van der Waals surface area contributed by atoms with Crippen LogP contribution in [0, 0.1) is 0 Å². The van der Waals surface area contributed by atoms with Crippen LogP contribution in [0.25, 0.3) is 0 Å². The Kier molecular flexibility index (Phi) is 4.84. The molecular weight excluding hydrogens is 216 g/mol. The summed E-state index contributed by atoms with van der Waals surface area (Å²) >= 11 is 0. The molecule has 1 aromatic carbocycles. The second kappa shape index (κ2) is 6.15. The highest BCUT2D eigenvalue weighted by atomic mass is 16.2. The molecule has 0 aliphatic carbocycles. The molecule has 92 valence electrons. The van der Waals surface area contributed by atoms with Gasteiger partial charge in [0.15, 0.2) is 0 Å². The van der Waals surface area contributed by atoms with Crippen molar-refractivity contribution in [3.05, 3.63) is 29.8 Å². The fraction of sp³-hybridized carbons (Fsp3) is 0.385. The summed E-state index contributed by atoms with van der Waals surface area (Å²) in [5.74, 6) is -0.980. The zero-order chi connectivity index (χ0) is 12.8. The van der Waals surface area contributed by atoms with E-state index in [-0.39, 0.29) is 0 Å². The van der Waals surface area contributed by atoms with Crippen LogP contribution in [-0.2, 0) is 4.79 Å². The number of para-hydroxylation sites is 1. The summed E-state index contributed by atoms with van der Waals surface area (Å²) in [6.45, 7) is 6.64. The molecule has 2 rings (SSSR count). The minimum absolute atomic E-state index is 0.444. The Morgan fingerprint density at radius 2 is 1.71 bits per heavy atom. The molecule has 0 saturated carbocycles. The Labute approximate surface area is 102 Å². The molecule has 1 amide bonds. The molecule has 1 aliphatic heterocycles. The smallest absolute Gasteiger partial charge is 0.296 e. The van der Waals surface area contributed by atoms with Crippen LogP contribution >= 0.6 is 0 Å². The van der Waals surface area contributed by atoms with Gasteiger partial charge in [0.2, 0.25) is 0 Å². The van der Waals surface area contributed by atoms with Gasteiger partial charge in [0, 0.05) is 0 Å². The van der Waals surface area contributed by atoms with E-state index in [2.05, 4.69) is 31.1 Å². The van der Waals surface area contributed by atoms with Crippen LogP contribution < -0.4 is 5.32 Å². The van der Waals surface area contributed by atoms with Crippen molar-refractivity contribution in [2.24, 2.45) is 0 Å². The third-order valence-corrected chi connectivity index (χ3v) is 2.71. The van der Waals surface area contributed by atoms with Gasteiger partial charge in [-0.15, -0.1) is 0 Å². The molecule has 17 heavy (non-hydrogen) atoms. The summed E-state index contributed by atoms with van der Waals surface area (Å²) in [5.41, 5.74) is 1.08. The highest BCUT2D eigenvalue weighted by Crippen LogP contribution is 2.21. The van der Waals surface area contributed by atoms with Gasteiger partial charge in [-0.25, -0.2) is 0 Å². The third kappa shape index (κ3) is 3.39. The number of hydrogen-bond acceptors (Lipinski definition) is 3. The van der Waals surface area contributed by atoms with Crippen molar-refractivity contribution in [2.45, 2.75) is 13.8 Å². The van der Waals surface area contributed by atoms with E-state index in [0.29, 0.717) is 11.3 Å². The van der Waals surface area contributed by atoms with Gasteiger partial charge in [0.1, 0.15) is 0 Å². The second-order valence-corrected chi connectivity index (χ2v) is 3.82. The van der Waals surface area contributed by atoms with E-state index in [0.717, 1.165) is 13.1 Å². The summed E-state index contributed by atoms with van der Waals surface area (Å²) in [4.78, 5) is 24.0. The SMILES string of the molecule is CCN(C)CC.O=C1Nc2ccccc2C1=O. The van der Waals surface area contributed by atoms with Crippen molar-refractivity contribution in [1.82, 2.24) is 4.90 Å². The first kappa shape index (κ1) is 13.4. The van der Waals surface area contributed by atoms with Gasteiger partial charge in [-0.1, -0.05) is 26.0 Å². The first-order chi connectivity index (χ1) is 8.10. The van der Waals surface area contributed by atoms with Gasteiger partial charge in [0.05, 0.1) is 11.3 Å². The number of nitrogens with zero attached hydrogens (tertiary/aromatic N) is 1. The lowest BCUT2D eigenvalue weighted by molar-refractivity contribution is -0.112. The average Bonchev–Trinajstić information content (AvgIpc) is 2.65. The van der Waals surface area contributed by atoms with Crippen LogP contribution in [0.4, 0.5) is 5.69 Å². The number of rotatable bonds is 2. The Morgan fingerprint density at radius 3 is 2.18 bits per heavy atom. The van der Waals surface area contributed by atoms with Crippen molar-refractivity contribution in [3.8, 4) is 0 Å². The average molecular weight is 234 g/mol. The number of carbonyl (C=O) groups excluding carboxylic acids is 2. The minimum atomic E-state index is -0.536. The molecule has 0 aromatic heterocycles. The molecular formula is C13H18N2O2. The minimum Gasteiger partial charge on any atom is -0.318 e. The van der Waals surface area contributed by atoms with E-state index in [1.54, 1.807) is 24.3 Å². The number of carbonyl (C=O) groups is 2. The van der Waals surface area contributed by atoms with Gasteiger partial charge < -0.3 is 10.2 Å². The topological polar surface area (TPSA) is 49.4 Å². The lowest BCUT2D eigenvalue weighted by Gasteiger charge is -2.07. The number of ketones is 1. The molecule has 0 atom stereocenters. The quantitative estimate of drug-likeness (QED) is 0.793. The van der Waals surface area contributed by atoms with Gasteiger partial charge in [-0.2, -0.15) is 0 Å². The summed E-state index contributed by atoms with van der Waals surface area (Å²) in [6, 6.07) is 6.85. The van der Waals surface area contributed by atoms with Crippen molar-refractivity contribution < 1.29 is 9.59 Å². The molecule has 0 bridgehead atoms. The Morgan fingerprint density at radius 1 is 1.12 bits per heavy atom. The van der Waals surface area contributed by atoms with Crippen molar-refractivity contribution in [3.63, 3.8) is 0 Å². The fourth-order valence-electron chi connectivity index (χ4n) is 1.32. The normalized spacial score (nSPS) is 12.9. The van der Waals surface area contributed by atoms with Crippen LogP contribution in [0.3, 0.4) is 0 Å². The third-order valence-electron chi connectivity index (χ3n) is 2.71. The monoisotopic (exact) mass is 234 g/mol. The van der Waals surface area contributed by atoms with E-state index in [4.69, 9.17) is 0 Å². The highest BCUT2D eigenvalue weighted by molar-refractivity contribution is 6.51. The molecule has 1 aromatic rings. The van der Waals surface area contributed by atoms with Gasteiger partial charge in [0.25, 0.3) is 11.7 Å². The second-order valence-electron chi connectivity index (χ2n) is 3.82. The first-order valence-corrected chi connectivity index (χ1v) is 5.73. The number of nitrogens with one attached hydrogen (secondary N) is 1. The molecule has 1 aliphatic rings. The summed E-state index contributed by atoms with van der Waals surface area (Å²) in [6.07, 6.45) is 0. The Hall–Kier alpha value is -1.68. The molecule has 0 saturated heterocycles. The zero-order valence-electron chi connectivity index (χ0n) is 10.5. The van der Waals surface area contributed by atoms with Crippen LogP contribution in [0.2, 0.25) is 0 Å². The molecule has 1 heterocycles. The van der Waals surface area contributed by atoms with Crippen molar-refractivity contribution in [2.75, 3.05) is 25.5 Å². The lowest BCUT2D eigenvalue weighted by atomic mass is 10.1. The highest BCUT2D eigenvalue weighted by Gasteiger charge is 2.26. The molecule has 0 fully saturated rings. The molecule has 4 heteroatoms. The number of anilines is 1. The van der Waals surface area contributed by atoms with Gasteiger partial charge >= 0.3 is 0 Å². The molecule has 0 unspecified atom stereocenters. The standard InChI is InChI=1S/C8H5NO2.C5H13N/c10-7-5-3-1-2-4-6(5)9-8(7)11;1-4-6(3)5-2/h1-4H,(H,9,10,11);4-5H2,1-3H3. The maximum atomic E-state index is 11.0. The van der Waals surface area contributed by atoms with Crippen molar-refractivity contribution in [1.29, 1.82) is 0 Å². The van der Waals surface area contributed by atoms with E-state index in [1.165, 1.54) is 0 Å². The van der Waals surface area contributed by atoms with Gasteiger partial charge in [-0.05, 0) is 32.3 Å².